The molecule has 0 unspecified atom stereocenters. The predicted molar refractivity (Wildman–Crippen MR) is 103 cm³/mol. The predicted octanol–water partition coefficient (Wildman–Crippen LogP) is 5.27. The van der Waals surface area contributed by atoms with Crippen LogP contribution in [-0.4, -0.2) is 16.4 Å². The fraction of sp³-hybridized carbons (Fsp3) is 0.200. The molecule has 3 rings (SSSR count). The summed E-state index contributed by atoms with van der Waals surface area (Å²) in [6.45, 7) is 3.85. The molecule has 26 heavy (non-hydrogen) atoms. The molecule has 6 heteroatoms. The van der Waals surface area contributed by atoms with Crippen LogP contribution in [0.25, 0.3) is 11.3 Å². The molecule has 1 aromatic heterocycles. The molecule has 1 atom stereocenters. The fourth-order valence-corrected chi connectivity index (χ4v) is 3.29. The molecule has 0 aliphatic carbocycles. The van der Waals surface area contributed by atoms with E-state index in [2.05, 4.69) is 26.4 Å². The first-order valence-corrected chi connectivity index (χ1v) is 9.01. The Morgan fingerprint density at radius 1 is 1.19 bits per heavy atom. The van der Waals surface area contributed by atoms with Gasteiger partial charge in [-0.3, -0.25) is 0 Å². The summed E-state index contributed by atoms with van der Waals surface area (Å²) in [7, 11) is 0. The maximum Gasteiger partial charge on any atom is 0.405 e. The number of carboxylic acid groups (broad SMARTS) is 1. The largest absolute Gasteiger partial charge is 0.465 e. The molecule has 0 aliphatic rings. The molecule has 0 fully saturated rings. The Hall–Kier alpha value is -2.60. The minimum atomic E-state index is -1.08. The summed E-state index contributed by atoms with van der Waals surface area (Å²) in [6.07, 6.45) is -0.559. The highest BCUT2D eigenvalue weighted by Crippen LogP contribution is 2.33. The van der Waals surface area contributed by atoms with Crippen LogP contribution in [0.4, 0.5) is 4.79 Å². The van der Waals surface area contributed by atoms with Gasteiger partial charge in [0.25, 0.3) is 0 Å². The number of benzene rings is 2. The van der Waals surface area contributed by atoms with Gasteiger partial charge < -0.3 is 14.9 Å². The van der Waals surface area contributed by atoms with Crippen LogP contribution in [-0.2, 0) is 6.42 Å². The van der Waals surface area contributed by atoms with Crippen molar-refractivity contribution in [3.8, 4) is 11.3 Å². The lowest BCUT2D eigenvalue weighted by Crippen LogP contribution is -2.29. The van der Waals surface area contributed by atoms with Crippen molar-refractivity contribution in [1.82, 2.24) is 10.5 Å². The third-order valence-electron chi connectivity index (χ3n) is 4.35. The van der Waals surface area contributed by atoms with Crippen LogP contribution in [0.2, 0.25) is 0 Å². The molecule has 0 spiro atoms. The topological polar surface area (TPSA) is 75.4 Å². The molecule has 134 valence electrons. The highest BCUT2D eigenvalue weighted by Gasteiger charge is 2.26. The van der Waals surface area contributed by atoms with Crippen LogP contribution in [0, 0.1) is 13.8 Å². The molecule has 3 aromatic rings. The third-order valence-corrected chi connectivity index (χ3v) is 4.87. The van der Waals surface area contributed by atoms with Crippen LogP contribution < -0.4 is 5.32 Å². The number of nitrogens with zero attached hydrogens (tertiary/aromatic N) is 1. The molecule has 1 heterocycles. The van der Waals surface area contributed by atoms with Crippen molar-refractivity contribution in [2.45, 2.75) is 26.3 Å². The Balaban J connectivity index is 2.04. The first-order valence-electron chi connectivity index (χ1n) is 8.21. The van der Waals surface area contributed by atoms with E-state index < -0.39 is 12.1 Å². The van der Waals surface area contributed by atoms with Crippen LogP contribution in [0.15, 0.2) is 57.5 Å². The number of carbonyl (C=O) groups is 1. The number of hydrogen-bond donors (Lipinski definition) is 2. The average molecular weight is 415 g/mol. The lowest BCUT2D eigenvalue weighted by molar-refractivity contribution is 0.190. The molecule has 2 aromatic carbocycles. The second-order valence-corrected chi connectivity index (χ2v) is 7.07. The molecule has 0 radical (unpaired) electrons. The van der Waals surface area contributed by atoms with Gasteiger partial charge in [-0.05, 0) is 43.5 Å². The van der Waals surface area contributed by atoms with E-state index >= 15 is 0 Å². The Kier molecular flexibility index (Phi) is 5.42. The normalized spacial score (nSPS) is 12.0. The maximum atomic E-state index is 11.4. The molecule has 0 bridgehead atoms. The zero-order chi connectivity index (χ0) is 18.7. The molecular formula is C20H19BrN2O3. The second-order valence-electron chi connectivity index (χ2n) is 6.15. The Bertz CT molecular complexity index is 919. The quantitative estimate of drug-likeness (QED) is 0.595. The van der Waals surface area contributed by atoms with Gasteiger partial charge in [0, 0.05) is 15.6 Å². The minimum Gasteiger partial charge on any atom is -0.465 e. The number of nitrogens with one attached hydrogen (secondary N) is 1. The van der Waals surface area contributed by atoms with Gasteiger partial charge in [0.05, 0.1) is 11.7 Å². The van der Waals surface area contributed by atoms with Gasteiger partial charge in [-0.2, -0.15) is 0 Å². The average Bonchev–Trinajstić information content (AvgIpc) is 2.98. The highest BCUT2D eigenvalue weighted by molar-refractivity contribution is 9.10. The van der Waals surface area contributed by atoms with Gasteiger partial charge in [0.2, 0.25) is 0 Å². The maximum absolute atomic E-state index is 11.4. The molecule has 0 saturated heterocycles. The van der Waals surface area contributed by atoms with Crippen molar-refractivity contribution in [3.05, 3.63) is 75.4 Å². The SMILES string of the molecule is Cc1ccccc1C[C@@H](NC(=O)O)c1c(C)noc1-c1ccc(Br)cc1. The van der Waals surface area contributed by atoms with Crippen LogP contribution in [0.3, 0.4) is 0 Å². The summed E-state index contributed by atoms with van der Waals surface area (Å²) in [5.41, 5.74) is 4.48. The van der Waals surface area contributed by atoms with E-state index in [4.69, 9.17) is 4.52 Å². The van der Waals surface area contributed by atoms with E-state index in [9.17, 15) is 9.90 Å². The first kappa shape index (κ1) is 18.2. The van der Waals surface area contributed by atoms with Gasteiger partial charge in [-0.15, -0.1) is 0 Å². The monoisotopic (exact) mass is 414 g/mol. The van der Waals surface area contributed by atoms with Crippen molar-refractivity contribution in [2.75, 3.05) is 0 Å². The number of amides is 1. The van der Waals surface area contributed by atoms with E-state index in [0.29, 0.717) is 17.9 Å². The van der Waals surface area contributed by atoms with Crippen LogP contribution in [0.5, 0.6) is 0 Å². The fourth-order valence-electron chi connectivity index (χ4n) is 3.03. The number of rotatable bonds is 5. The van der Waals surface area contributed by atoms with Gasteiger partial charge in [0.15, 0.2) is 5.76 Å². The summed E-state index contributed by atoms with van der Waals surface area (Å²) in [5, 5.41) is 16.1. The molecule has 0 aliphatic heterocycles. The van der Waals surface area contributed by atoms with Crippen molar-refractivity contribution >= 4 is 22.0 Å². The van der Waals surface area contributed by atoms with E-state index in [1.165, 1.54) is 0 Å². The van der Waals surface area contributed by atoms with Gasteiger partial charge in [-0.25, -0.2) is 4.79 Å². The zero-order valence-electron chi connectivity index (χ0n) is 14.5. The highest BCUT2D eigenvalue weighted by atomic mass is 79.9. The van der Waals surface area contributed by atoms with Crippen molar-refractivity contribution in [1.29, 1.82) is 0 Å². The van der Waals surface area contributed by atoms with E-state index in [-0.39, 0.29) is 0 Å². The van der Waals surface area contributed by atoms with Crippen molar-refractivity contribution < 1.29 is 14.4 Å². The lowest BCUT2D eigenvalue weighted by atomic mass is 9.93. The van der Waals surface area contributed by atoms with E-state index in [1.54, 1.807) is 0 Å². The molecule has 1 amide bonds. The smallest absolute Gasteiger partial charge is 0.405 e. The molecular weight excluding hydrogens is 396 g/mol. The number of aryl methyl sites for hydroxylation is 2. The van der Waals surface area contributed by atoms with Crippen LogP contribution >= 0.6 is 15.9 Å². The lowest BCUT2D eigenvalue weighted by Gasteiger charge is -2.19. The second kappa shape index (κ2) is 7.74. The number of halogens is 1. The Morgan fingerprint density at radius 2 is 1.88 bits per heavy atom. The molecule has 2 N–H and O–H groups in total. The Labute approximate surface area is 160 Å². The van der Waals surface area contributed by atoms with E-state index in [1.807, 2.05) is 62.4 Å². The number of aromatic nitrogens is 1. The minimum absolute atomic E-state index is 0.460. The number of hydrogen-bond acceptors (Lipinski definition) is 3. The molecule has 0 saturated carbocycles. The summed E-state index contributed by atoms with van der Waals surface area (Å²) in [5.74, 6) is 0.585. The van der Waals surface area contributed by atoms with Crippen molar-refractivity contribution in [2.24, 2.45) is 0 Å². The summed E-state index contributed by atoms with van der Waals surface area (Å²) in [4.78, 5) is 11.4. The zero-order valence-corrected chi connectivity index (χ0v) is 16.1. The first-order chi connectivity index (χ1) is 12.5. The summed E-state index contributed by atoms with van der Waals surface area (Å²) < 4.78 is 6.51. The van der Waals surface area contributed by atoms with Gasteiger partial charge in [-0.1, -0.05) is 57.5 Å². The van der Waals surface area contributed by atoms with Gasteiger partial charge in [0.1, 0.15) is 0 Å². The van der Waals surface area contributed by atoms with Crippen molar-refractivity contribution in [3.63, 3.8) is 0 Å². The van der Waals surface area contributed by atoms with E-state index in [0.717, 1.165) is 26.7 Å². The third kappa shape index (κ3) is 3.96. The Morgan fingerprint density at radius 3 is 2.54 bits per heavy atom. The van der Waals surface area contributed by atoms with Gasteiger partial charge >= 0.3 is 6.09 Å². The summed E-state index contributed by atoms with van der Waals surface area (Å²) in [6, 6.07) is 15.1. The summed E-state index contributed by atoms with van der Waals surface area (Å²) >= 11 is 3.42. The standard InChI is InChI=1S/C20H19BrN2O3/c1-12-5-3-4-6-15(12)11-17(22-20(24)25)18-13(2)23-26-19(18)14-7-9-16(21)10-8-14/h3-10,17,22H,11H2,1-2H3,(H,24,25)/t17-/m1/s1. The molecule has 5 nitrogen and oxygen atoms in total. The van der Waals surface area contributed by atoms with Crippen LogP contribution in [0.1, 0.15) is 28.4 Å².